The van der Waals surface area contributed by atoms with Gasteiger partial charge in [0.1, 0.15) is 0 Å². The highest BCUT2D eigenvalue weighted by Crippen LogP contribution is 2.33. The summed E-state index contributed by atoms with van der Waals surface area (Å²) in [6.45, 7) is 2.24. The second-order valence-electron chi connectivity index (χ2n) is 3.77. The van der Waals surface area contributed by atoms with Crippen LogP contribution in [0.1, 0.15) is 30.9 Å². The zero-order valence-electron chi connectivity index (χ0n) is 7.72. The molecule has 2 rings (SSSR count). The van der Waals surface area contributed by atoms with Gasteiger partial charge in [-0.1, -0.05) is 31.2 Å². The summed E-state index contributed by atoms with van der Waals surface area (Å²) in [6, 6.07) is 8.86. The first-order chi connectivity index (χ1) is 5.90. The fourth-order valence-corrected chi connectivity index (χ4v) is 1.73. The zero-order valence-corrected chi connectivity index (χ0v) is 7.72. The van der Waals surface area contributed by atoms with Gasteiger partial charge in [-0.3, -0.25) is 0 Å². The van der Waals surface area contributed by atoms with E-state index in [1.807, 2.05) is 0 Å². The Labute approximate surface area is 74.6 Å². The van der Waals surface area contributed by atoms with Crippen molar-refractivity contribution in [1.29, 1.82) is 0 Å². The minimum Gasteiger partial charge on any atom is -0.0620 e. The maximum Gasteiger partial charge on any atom is -0.0248 e. The summed E-state index contributed by atoms with van der Waals surface area (Å²) < 4.78 is 0. The van der Waals surface area contributed by atoms with E-state index in [2.05, 4.69) is 31.2 Å². The molecule has 0 saturated heterocycles. The fraction of sp³-hybridized carbons (Fsp3) is 0.500. The van der Waals surface area contributed by atoms with Crippen LogP contribution in [-0.2, 0) is 12.8 Å². The van der Waals surface area contributed by atoms with Crippen molar-refractivity contribution in [2.24, 2.45) is 5.92 Å². The average molecular weight is 160 g/mol. The van der Waals surface area contributed by atoms with Crippen LogP contribution in [0.3, 0.4) is 0 Å². The SMILES string of the molecule is CCc1ccccc1CC1CC1. The number of rotatable bonds is 3. The van der Waals surface area contributed by atoms with Gasteiger partial charge in [0.15, 0.2) is 0 Å². The molecule has 0 spiro atoms. The number of hydrogen-bond donors (Lipinski definition) is 0. The van der Waals surface area contributed by atoms with Gasteiger partial charge in [-0.25, -0.2) is 0 Å². The highest BCUT2D eigenvalue weighted by molar-refractivity contribution is 5.27. The second kappa shape index (κ2) is 3.30. The molecule has 64 valence electrons. The highest BCUT2D eigenvalue weighted by Gasteiger charge is 2.21. The topological polar surface area (TPSA) is 0 Å². The van der Waals surface area contributed by atoms with E-state index in [1.165, 1.54) is 25.7 Å². The predicted molar refractivity (Wildman–Crippen MR) is 52.2 cm³/mol. The van der Waals surface area contributed by atoms with Gasteiger partial charge in [0.05, 0.1) is 0 Å². The summed E-state index contributed by atoms with van der Waals surface area (Å²) >= 11 is 0. The van der Waals surface area contributed by atoms with Crippen molar-refractivity contribution in [1.82, 2.24) is 0 Å². The molecular formula is C12H16. The molecule has 0 atom stereocenters. The lowest BCUT2D eigenvalue weighted by atomic mass is 10.0. The van der Waals surface area contributed by atoms with Gasteiger partial charge in [0, 0.05) is 0 Å². The third-order valence-electron chi connectivity index (χ3n) is 2.70. The van der Waals surface area contributed by atoms with E-state index >= 15 is 0 Å². The van der Waals surface area contributed by atoms with E-state index in [-0.39, 0.29) is 0 Å². The Balaban J connectivity index is 2.15. The molecule has 0 heteroatoms. The van der Waals surface area contributed by atoms with Gasteiger partial charge >= 0.3 is 0 Å². The van der Waals surface area contributed by atoms with Crippen molar-refractivity contribution in [3.8, 4) is 0 Å². The number of hydrogen-bond acceptors (Lipinski definition) is 0. The van der Waals surface area contributed by atoms with Gasteiger partial charge in [-0.2, -0.15) is 0 Å². The minimum atomic E-state index is 1.01. The van der Waals surface area contributed by atoms with E-state index < -0.39 is 0 Å². The van der Waals surface area contributed by atoms with Crippen LogP contribution in [0.4, 0.5) is 0 Å². The Hall–Kier alpha value is -0.780. The maximum atomic E-state index is 2.29. The van der Waals surface area contributed by atoms with Crippen LogP contribution < -0.4 is 0 Å². The Morgan fingerprint density at radius 3 is 2.42 bits per heavy atom. The Bertz CT molecular complexity index is 258. The molecule has 0 amide bonds. The molecule has 0 nitrogen and oxygen atoms in total. The predicted octanol–water partition coefficient (Wildman–Crippen LogP) is 3.20. The van der Waals surface area contributed by atoms with Crippen molar-refractivity contribution in [2.45, 2.75) is 32.6 Å². The molecule has 0 heterocycles. The van der Waals surface area contributed by atoms with E-state index in [9.17, 15) is 0 Å². The Morgan fingerprint density at radius 1 is 1.17 bits per heavy atom. The molecule has 1 fully saturated rings. The molecule has 0 radical (unpaired) electrons. The average Bonchev–Trinajstić information content (AvgIpc) is 2.89. The van der Waals surface area contributed by atoms with Crippen molar-refractivity contribution in [2.75, 3.05) is 0 Å². The van der Waals surface area contributed by atoms with Crippen molar-refractivity contribution in [3.63, 3.8) is 0 Å². The van der Waals surface area contributed by atoms with Gasteiger partial charge < -0.3 is 0 Å². The van der Waals surface area contributed by atoms with Crippen molar-refractivity contribution in [3.05, 3.63) is 35.4 Å². The first-order valence-corrected chi connectivity index (χ1v) is 4.97. The van der Waals surface area contributed by atoms with E-state index in [0.717, 1.165) is 5.92 Å². The third kappa shape index (κ3) is 1.69. The lowest BCUT2D eigenvalue weighted by molar-refractivity contribution is 0.819. The van der Waals surface area contributed by atoms with Gasteiger partial charge in [0.2, 0.25) is 0 Å². The van der Waals surface area contributed by atoms with Crippen LogP contribution in [0.25, 0.3) is 0 Å². The normalized spacial score (nSPS) is 16.4. The molecule has 1 aromatic carbocycles. The fourth-order valence-electron chi connectivity index (χ4n) is 1.73. The van der Waals surface area contributed by atoms with Crippen LogP contribution in [-0.4, -0.2) is 0 Å². The molecule has 0 aliphatic heterocycles. The van der Waals surface area contributed by atoms with Gasteiger partial charge in [-0.15, -0.1) is 0 Å². The summed E-state index contributed by atoms with van der Waals surface area (Å²) in [7, 11) is 0. The maximum absolute atomic E-state index is 2.29. The minimum absolute atomic E-state index is 1.01. The number of benzene rings is 1. The standard InChI is InChI=1S/C12H16/c1-2-11-5-3-4-6-12(11)9-10-7-8-10/h3-6,10H,2,7-9H2,1H3. The summed E-state index contributed by atoms with van der Waals surface area (Å²) in [5.74, 6) is 1.01. The molecule has 1 aliphatic carbocycles. The second-order valence-corrected chi connectivity index (χ2v) is 3.77. The highest BCUT2D eigenvalue weighted by atomic mass is 14.3. The molecular weight excluding hydrogens is 144 g/mol. The Kier molecular flexibility index (Phi) is 2.16. The van der Waals surface area contributed by atoms with Crippen LogP contribution in [0.5, 0.6) is 0 Å². The van der Waals surface area contributed by atoms with Crippen LogP contribution in [0, 0.1) is 5.92 Å². The van der Waals surface area contributed by atoms with E-state index in [4.69, 9.17) is 0 Å². The first-order valence-electron chi connectivity index (χ1n) is 4.97. The van der Waals surface area contributed by atoms with Crippen LogP contribution >= 0.6 is 0 Å². The zero-order chi connectivity index (χ0) is 8.39. The van der Waals surface area contributed by atoms with E-state index in [0.29, 0.717) is 0 Å². The Morgan fingerprint density at radius 2 is 1.83 bits per heavy atom. The molecule has 1 saturated carbocycles. The lowest BCUT2D eigenvalue weighted by Crippen LogP contribution is -1.93. The summed E-state index contributed by atoms with van der Waals surface area (Å²) in [6.07, 6.45) is 5.42. The van der Waals surface area contributed by atoms with Crippen molar-refractivity contribution >= 4 is 0 Å². The van der Waals surface area contributed by atoms with E-state index in [1.54, 1.807) is 11.1 Å². The first kappa shape index (κ1) is 7.85. The molecule has 0 N–H and O–H groups in total. The lowest BCUT2D eigenvalue weighted by Gasteiger charge is -2.05. The quantitative estimate of drug-likeness (QED) is 0.637. The van der Waals surface area contributed by atoms with Crippen LogP contribution in [0.15, 0.2) is 24.3 Å². The molecule has 1 aliphatic rings. The summed E-state index contributed by atoms with van der Waals surface area (Å²) in [5.41, 5.74) is 3.13. The monoisotopic (exact) mass is 160 g/mol. The third-order valence-corrected chi connectivity index (χ3v) is 2.70. The molecule has 0 unspecified atom stereocenters. The number of aryl methyl sites for hydroxylation is 1. The summed E-state index contributed by atoms with van der Waals surface area (Å²) in [5, 5.41) is 0. The van der Waals surface area contributed by atoms with Gasteiger partial charge in [0.25, 0.3) is 0 Å². The molecule has 0 bridgehead atoms. The summed E-state index contributed by atoms with van der Waals surface area (Å²) in [4.78, 5) is 0. The van der Waals surface area contributed by atoms with Crippen LogP contribution in [0.2, 0.25) is 0 Å². The van der Waals surface area contributed by atoms with Crippen molar-refractivity contribution < 1.29 is 0 Å². The molecule has 12 heavy (non-hydrogen) atoms. The molecule has 0 aromatic heterocycles. The van der Waals surface area contributed by atoms with Gasteiger partial charge in [-0.05, 0) is 42.7 Å². The molecule has 1 aromatic rings. The smallest absolute Gasteiger partial charge is 0.0248 e. The largest absolute Gasteiger partial charge is 0.0620 e.